The Balaban J connectivity index is 1.78. The van der Waals surface area contributed by atoms with Crippen molar-refractivity contribution in [1.82, 2.24) is 15.2 Å². The standard InChI is InChI=1S/C16H21N3O2S/c1-19(9-10-20)16(21)17-11-14-12-22-15(18-14)8-7-13-5-3-2-4-6-13/h2-6,12,20H,7-11H2,1H3,(H,17,21). The lowest BCUT2D eigenvalue weighted by Crippen LogP contribution is -2.38. The summed E-state index contributed by atoms with van der Waals surface area (Å²) in [5.41, 5.74) is 2.18. The van der Waals surface area contributed by atoms with Crippen molar-refractivity contribution in [3.63, 3.8) is 0 Å². The number of aliphatic hydroxyl groups excluding tert-OH is 1. The number of benzene rings is 1. The van der Waals surface area contributed by atoms with Crippen LogP contribution in [0.4, 0.5) is 4.79 Å². The fourth-order valence-electron chi connectivity index (χ4n) is 1.99. The van der Waals surface area contributed by atoms with Gasteiger partial charge in [0.15, 0.2) is 0 Å². The van der Waals surface area contributed by atoms with E-state index in [9.17, 15) is 4.79 Å². The molecule has 5 nitrogen and oxygen atoms in total. The van der Waals surface area contributed by atoms with Crippen molar-refractivity contribution in [1.29, 1.82) is 0 Å². The molecule has 0 saturated carbocycles. The van der Waals surface area contributed by atoms with Gasteiger partial charge in [-0.15, -0.1) is 11.3 Å². The van der Waals surface area contributed by atoms with Gasteiger partial charge < -0.3 is 15.3 Å². The van der Waals surface area contributed by atoms with Crippen molar-refractivity contribution in [3.05, 3.63) is 52.0 Å². The van der Waals surface area contributed by atoms with Crippen molar-refractivity contribution in [2.45, 2.75) is 19.4 Å². The van der Waals surface area contributed by atoms with Crippen LogP contribution in [0.1, 0.15) is 16.3 Å². The van der Waals surface area contributed by atoms with Gasteiger partial charge in [-0.3, -0.25) is 0 Å². The Labute approximate surface area is 134 Å². The topological polar surface area (TPSA) is 65.5 Å². The molecule has 2 rings (SSSR count). The summed E-state index contributed by atoms with van der Waals surface area (Å²) in [6.07, 6.45) is 1.88. The Hall–Kier alpha value is -1.92. The average Bonchev–Trinajstić information content (AvgIpc) is 3.00. The molecule has 1 aromatic heterocycles. The largest absolute Gasteiger partial charge is 0.395 e. The number of carbonyl (C=O) groups excluding carboxylic acids is 1. The molecular formula is C16H21N3O2S. The molecule has 1 aromatic carbocycles. The van der Waals surface area contributed by atoms with E-state index in [1.807, 2.05) is 23.6 Å². The minimum absolute atomic E-state index is 0.0374. The third-order valence-electron chi connectivity index (χ3n) is 3.27. The van der Waals surface area contributed by atoms with E-state index >= 15 is 0 Å². The van der Waals surface area contributed by atoms with Crippen LogP contribution < -0.4 is 5.32 Å². The van der Waals surface area contributed by atoms with Crippen LogP contribution in [0, 0.1) is 0 Å². The van der Waals surface area contributed by atoms with Gasteiger partial charge in [-0.05, 0) is 12.0 Å². The third kappa shape index (κ3) is 5.13. The first-order valence-electron chi connectivity index (χ1n) is 7.26. The van der Waals surface area contributed by atoms with Crippen molar-refractivity contribution in [2.75, 3.05) is 20.2 Å². The number of aromatic nitrogens is 1. The second kappa shape index (κ2) is 8.51. The molecule has 2 aromatic rings. The summed E-state index contributed by atoms with van der Waals surface area (Å²) in [7, 11) is 1.65. The van der Waals surface area contributed by atoms with E-state index in [0.717, 1.165) is 23.5 Å². The van der Waals surface area contributed by atoms with E-state index in [1.165, 1.54) is 10.5 Å². The quantitative estimate of drug-likeness (QED) is 0.821. The van der Waals surface area contributed by atoms with Crippen LogP contribution in [0.3, 0.4) is 0 Å². The van der Waals surface area contributed by atoms with Gasteiger partial charge in [-0.1, -0.05) is 30.3 Å². The van der Waals surface area contributed by atoms with Crippen LogP contribution in [0.5, 0.6) is 0 Å². The van der Waals surface area contributed by atoms with Gasteiger partial charge in [0.05, 0.1) is 23.9 Å². The van der Waals surface area contributed by atoms with Crippen molar-refractivity contribution < 1.29 is 9.90 Å². The maximum Gasteiger partial charge on any atom is 0.317 e. The average molecular weight is 319 g/mol. The minimum Gasteiger partial charge on any atom is -0.395 e. The second-order valence-electron chi connectivity index (χ2n) is 5.02. The zero-order chi connectivity index (χ0) is 15.8. The summed E-state index contributed by atoms with van der Waals surface area (Å²) < 4.78 is 0. The van der Waals surface area contributed by atoms with Gasteiger partial charge in [0.1, 0.15) is 0 Å². The van der Waals surface area contributed by atoms with Gasteiger partial charge in [0.2, 0.25) is 0 Å². The normalized spacial score (nSPS) is 10.5. The first kappa shape index (κ1) is 16.5. The molecule has 0 spiro atoms. The maximum absolute atomic E-state index is 11.7. The Morgan fingerprint density at radius 3 is 2.82 bits per heavy atom. The Morgan fingerprint density at radius 2 is 2.09 bits per heavy atom. The van der Waals surface area contributed by atoms with E-state index < -0.39 is 0 Å². The fraction of sp³-hybridized carbons (Fsp3) is 0.375. The summed E-state index contributed by atoms with van der Waals surface area (Å²) >= 11 is 1.62. The maximum atomic E-state index is 11.7. The molecule has 118 valence electrons. The number of rotatable bonds is 7. The molecule has 0 bridgehead atoms. The molecule has 0 aliphatic heterocycles. The second-order valence-corrected chi connectivity index (χ2v) is 5.96. The number of aryl methyl sites for hydroxylation is 2. The molecule has 1 heterocycles. The number of urea groups is 1. The summed E-state index contributed by atoms with van der Waals surface area (Å²) in [6, 6.07) is 10.1. The number of nitrogens with zero attached hydrogens (tertiary/aromatic N) is 2. The Kier molecular flexibility index (Phi) is 6.36. The molecule has 0 radical (unpaired) electrons. The first-order valence-corrected chi connectivity index (χ1v) is 8.14. The van der Waals surface area contributed by atoms with E-state index in [-0.39, 0.29) is 12.6 Å². The lowest BCUT2D eigenvalue weighted by atomic mass is 10.1. The lowest BCUT2D eigenvalue weighted by Gasteiger charge is -2.15. The first-order chi connectivity index (χ1) is 10.7. The Morgan fingerprint density at radius 1 is 1.32 bits per heavy atom. The van der Waals surface area contributed by atoms with Crippen LogP contribution in [0.15, 0.2) is 35.7 Å². The predicted octanol–water partition coefficient (Wildman–Crippen LogP) is 2.06. The molecule has 0 aliphatic carbocycles. The van der Waals surface area contributed by atoms with Crippen molar-refractivity contribution in [2.24, 2.45) is 0 Å². The van der Waals surface area contributed by atoms with E-state index in [1.54, 1.807) is 18.4 Å². The Bertz CT molecular complexity index is 586. The highest BCUT2D eigenvalue weighted by molar-refractivity contribution is 7.09. The van der Waals surface area contributed by atoms with Gasteiger partial charge in [0.25, 0.3) is 0 Å². The molecule has 6 heteroatoms. The van der Waals surface area contributed by atoms with E-state index in [4.69, 9.17) is 5.11 Å². The molecule has 2 amide bonds. The van der Waals surface area contributed by atoms with Crippen LogP contribution in [-0.2, 0) is 19.4 Å². The number of aliphatic hydroxyl groups is 1. The zero-order valence-electron chi connectivity index (χ0n) is 12.7. The highest BCUT2D eigenvalue weighted by atomic mass is 32.1. The molecule has 22 heavy (non-hydrogen) atoms. The molecule has 0 atom stereocenters. The summed E-state index contributed by atoms with van der Waals surface area (Å²) in [5, 5.41) is 14.6. The zero-order valence-corrected chi connectivity index (χ0v) is 13.5. The number of hydrogen-bond donors (Lipinski definition) is 2. The molecule has 0 aliphatic rings. The van der Waals surface area contributed by atoms with E-state index in [0.29, 0.717) is 13.1 Å². The predicted molar refractivity (Wildman–Crippen MR) is 87.9 cm³/mol. The number of amides is 2. The number of likely N-dealkylation sites (N-methyl/N-ethyl adjacent to an activating group) is 1. The monoisotopic (exact) mass is 319 g/mol. The highest BCUT2D eigenvalue weighted by Gasteiger charge is 2.08. The summed E-state index contributed by atoms with van der Waals surface area (Å²) in [6.45, 7) is 0.700. The van der Waals surface area contributed by atoms with Crippen LogP contribution in [-0.4, -0.2) is 41.2 Å². The molecule has 0 saturated heterocycles. The minimum atomic E-state index is -0.201. The molecule has 0 fully saturated rings. The van der Waals surface area contributed by atoms with Crippen molar-refractivity contribution in [3.8, 4) is 0 Å². The fourth-order valence-corrected chi connectivity index (χ4v) is 2.79. The highest BCUT2D eigenvalue weighted by Crippen LogP contribution is 2.13. The summed E-state index contributed by atoms with van der Waals surface area (Å²) in [5.74, 6) is 0. The number of hydrogen-bond acceptors (Lipinski definition) is 4. The molecule has 0 unspecified atom stereocenters. The van der Waals surface area contributed by atoms with Gasteiger partial charge in [-0.25, -0.2) is 9.78 Å². The van der Waals surface area contributed by atoms with Crippen LogP contribution >= 0.6 is 11.3 Å². The molecular weight excluding hydrogens is 298 g/mol. The SMILES string of the molecule is CN(CCO)C(=O)NCc1csc(CCc2ccccc2)n1. The van der Waals surface area contributed by atoms with Gasteiger partial charge in [0, 0.05) is 25.4 Å². The van der Waals surface area contributed by atoms with Crippen LogP contribution in [0.2, 0.25) is 0 Å². The lowest BCUT2D eigenvalue weighted by molar-refractivity contribution is 0.190. The van der Waals surface area contributed by atoms with Crippen LogP contribution in [0.25, 0.3) is 0 Å². The summed E-state index contributed by atoms with van der Waals surface area (Å²) in [4.78, 5) is 17.7. The smallest absolute Gasteiger partial charge is 0.317 e. The van der Waals surface area contributed by atoms with Gasteiger partial charge >= 0.3 is 6.03 Å². The van der Waals surface area contributed by atoms with Crippen molar-refractivity contribution >= 4 is 17.4 Å². The van der Waals surface area contributed by atoms with Gasteiger partial charge in [-0.2, -0.15) is 0 Å². The van der Waals surface area contributed by atoms with E-state index in [2.05, 4.69) is 22.4 Å². The molecule has 2 N–H and O–H groups in total. The number of nitrogens with one attached hydrogen (secondary N) is 1. The third-order valence-corrected chi connectivity index (χ3v) is 4.23. The number of thiazole rings is 1. The number of carbonyl (C=O) groups is 1.